The average molecular weight is 291 g/mol. The summed E-state index contributed by atoms with van der Waals surface area (Å²) in [5.74, 6) is 1.71. The van der Waals surface area contributed by atoms with Crippen molar-refractivity contribution in [1.29, 1.82) is 0 Å². The molecule has 0 bridgehead atoms. The Hall–Kier alpha value is -1.06. The first-order valence-electron chi connectivity index (χ1n) is 8.26. The highest BCUT2D eigenvalue weighted by molar-refractivity contribution is 5.28. The van der Waals surface area contributed by atoms with Crippen LogP contribution in [0.3, 0.4) is 0 Å². The second-order valence-electron chi connectivity index (χ2n) is 6.25. The quantitative estimate of drug-likeness (QED) is 0.805. The number of ether oxygens (including phenoxy) is 1. The molecule has 21 heavy (non-hydrogen) atoms. The minimum atomic E-state index is -0.470. The molecule has 2 N–H and O–H groups in total. The summed E-state index contributed by atoms with van der Waals surface area (Å²) in [7, 11) is 1.65. The molecule has 0 spiro atoms. The number of hydrogen-bond acceptors (Lipinski definition) is 3. The molecule has 2 unspecified atom stereocenters. The van der Waals surface area contributed by atoms with Crippen molar-refractivity contribution in [2.75, 3.05) is 13.7 Å². The van der Waals surface area contributed by atoms with E-state index < -0.39 is 6.10 Å². The zero-order valence-corrected chi connectivity index (χ0v) is 13.3. The van der Waals surface area contributed by atoms with Crippen LogP contribution in [0, 0.1) is 5.92 Å². The van der Waals surface area contributed by atoms with Gasteiger partial charge in [0.05, 0.1) is 13.2 Å². The molecule has 118 valence electrons. The Kier molecular flexibility index (Phi) is 6.52. The summed E-state index contributed by atoms with van der Waals surface area (Å²) in [6.07, 6.45) is 7.75. The van der Waals surface area contributed by atoms with Gasteiger partial charge in [0.15, 0.2) is 0 Å². The molecule has 0 amide bonds. The van der Waals surface area contributed by atoms with Gasteiger partial charge < -0.3 is 15.2 Å². The Bertz CT molecular complexity index is 398. The van der Waals surface area contributed by atoms with Gasteiger partial charge in [0.25, 0.3) is 0 Å². The van der Waals surface area contributed by atoms with E-state index >= 15 is 0 Å². The predicted octanol–water partition coefficient (Wildman–Crippen LogP) is 3.68. The molecular weight excluding hydrogens is 262 g/mol. The molecule has 2 rings (SSSR count). The Balaban J connectivity index is 1.74. The number of aliphatic hydroxyl groups excluding tert-OH is 1. The topological polar surface area (TPSA) is 41.5 Å². The van der Waals surface area contributed by atoms with Gasteiger partial charge in [-0.3, -0.25) is 0 Å². The first kappa shape index (κ1) is 16.3. The lowest BCUT2D eigenvalue weighted by molar-refractivity contribution is 0.134. The van der Waals surface area contributed by atoms with Crippen molar-refractivity contribution in [2.24, 2.45) is 5.92 Å². The fraction of sp³-hybridized carbons (Fsp3) is 0.667. The van der Waals surface area contributed by atoms with Crippen LogP contribution >= 0.6 is 0 Å². The van der Waals surface area contributed by atoms with Gasteiger partial charge in [-0.2, -0.15) is 0 Å². The lowest BCUT2D eigenvalue weighted by Gasteiger charge is -2.24. The van der Waals surface area contributed by atoms with Gasteiger partial charge in [0.1, 0.15) is 5.75 Å². The lowest BCUT2D eigenvalue weighted by atomic mass is 9.87. The summed E-state index contributed by atoms with van der Waals surface area (Å²) < 4.78 is 5.14. The number of hydrogen-bond donors (Lipinski definition) is 2. The molecule has 1 aliphatic rings. The zero-order valence-electron chi connectivity index (χ0n) is 13.3. The Labute approximate surface area is 128 Å². The van der Waals surface area contributed by atoms with Crippen LogP contribution in [0.25, 0.3) is 0 Å². The predicted molar refractivity (Wildman–Crippen MR) is 86.6 cm³/mol. The molecule has 1 fully saturated rings. The number of aliphatic hydroxyl groups is 1. The molecular formula is C18H29NO2. The van der Waals surface area contributed by atoms with Crippen molar-refractivity contribution in [3.8, 4) is 5.75 Å². The molecule has 1 aliphatic carbocycles. The van der Waals surface area contributed by atoms with E-state index in [0.29, 0.717) is 0 Å². The maximum atomic E-state index is 10.4. The van der Waals surface area contributed by atoms with Gasteiger partial charge in [-0.25, -0.2) is 0 Å². The fourth-order valence-corrected chi connectivity index (χ4v) is 3.19. The number of methoxy groups -OCH3 is 1. The molecule has 3 nitrogen and oxygen atoms in total. The molecule has 0 radical (unpaired) electrons. The smallest absolute Gasteiger partial charge is 0.118 e. The molecule has 0 heterocycles. The van der Waals surface area contributed by atoms with Crippen LogP contribution in [0.2, 0.25) is 0 Å². The van der Waals surface area contributed by atoms with E-state index in [9.17, 15) is 5.11 Å². The van der Waals surface area contributed by atoms with Crippen LogP contribution in [-0.2, 0) is 0 Å². The van der Waals surface area contributed by atoms with Gasteiger partial charge in [0.2, 0.25) is 0 Å². The largest absolute Gasteiger partial charge is 0.497 e. The molecule has 0 aromatic heterocycles. The van der Waals surface area contributed by atoms with Crippen molar-refractivity contribution >= 4 is 0 Å². The molecule has 1 saturated carbocycles. The summed E-state index contributed by atoms with van der Waals surface area (Å²) >= 11 is 0. The molecule has 0 aliphatic heterocycles. The first-order chi connectivity index (χ1) is 10.2. The van der Waals surface area contributed by atoms with Crippen LogP contribution < -0.4 is 10.1 Å². The summed E-state index contributed by atoms with van der Waals surface area (Å²) in [5, 5.41) is 13.9. The maximum absolute atomic E-state index is 10.4. The van der Waals surface area contributed by atoms with Crippen molar-refractivity contribution in [3.63, 3.8) is 0 Å². The molecule has 3 heteroatoms. The molecule has 2 atom stereocenters. The molecule has 1 aromatic rings. The van der Waals surface area contributed by atoms with Gasteiger partial charge >= 0.3 is 0 Å². The van der Waals surface area contributed by atoms with E-state index in [1.54, 1.807) is 7.11 Å². The summed E-state index contributed by atoms with van der Waals surface area (Å²) in [5.41, 5.74) is 0.938. The highest BCUT2D eigenvalue weighted by Crippen LogP contribution is 2.26. The van der Waals surface area contributed by atoms with Crippen molar-refractivity contribution in [3.05, 3.63) is 29.8 Å². The van der Waals surface area contributed by atoms with Crippen molar-refractivity contribution in [1.82, 2.24) is 5.32 Å². The number of benzene rings is 1. The van der Waals surface area contributed by atoms with E-state index in [4.69, 9.17) is 4.74 Å². The SMILES string of the molecule is COc1ccc(C(O)C(C)NCCC2CCCCC2)cc1. The fourth-order valence-electron chi connectivity index (χ4n) is 3.19. The van der Waals surface area contributed by atoms with Crippen molar-refractivity contribution < 1.29 is 9.84 Å². The normalized spacial score (nSPS) is 19.2. The minimum Gasteiger partial charge on any atom is -0.497 e. The summed E-state index contributed by atoms with van der Waals surface area (Å²) in [6, 6.07) is 7.73. The Morgan fingerprint density at radius 1 is 1.19 bits per heavy atom. The van der Waals surface area contributed by atoms with Crippen LogP contribution in [0.15, 0.2) is 24.3 Å². The van der Waals surface area contributed by atoms with Crippen LogP contribution in [-0.4, -0.2) is 24.8 Å². The van der Waals surface area contributed by atoms with E-state index in [-0.39, 0.29) is 6.04 Å². The maximum Gasteiger partial charge on any atom is 0.118 e. The van der Waals surface area contributed by atoms with Gasteiger partial charge in [-0.05, 0) is 43.5 Å². The Morgan fingerprint density at radius 3 is 2.48 bits per heavy atom. The van der Waals surface area contributed by atoms with Gasteiger partial charge in [0, 0.05) is 6.04 Å². The van der Waals surface area contributed by atoms with E-state index in [1.165, 1.54) is 38.5 Å². The highest BCUT2D eigenvalue weighted by Gasteiger charge is 2.17. The van der Waals surface area contributed by atoms with Crippen LogP contribution in [0.5, 0.6) is 5.75 Å². The third kappa shape index (κ3) is 5.01. The average Bonchev–Trinajstić information content (AvgIpc) is 2.55. The van der Waals surface area contributed by atoms with E-state index in [2.05, 4.69) is 12.2 Å². The summed E-state index contributed by atoms with van der Waals surface area (Å²) in [4.78, 5) is 0. The highest BCUT2D eigenvalue weighted by atomic mass is 16.5. The van der Waals surface area contributed by atoms with Crippen LogP contribution in [0.1, 0.15) is 57.1 Å². The second-order valence-corrected chi connectivity index (χ2v) is 6.25. The first-order valence-corrected chi connectivity index (χ1v) is 8.26. The second kappa shape index (κ2) is 8.40. The molecule has 0 saturated heterocycles. The van der Waals surface area contributed by atoms with E-state index in [1.807, 2.05) is 24.3 Å². The van der Waals surface area contributed by atoms with Gasteiger partial charge in [-0.15, -0.1) is 0 Å². The lowest BCUT2D eigenvalue weighted by Crippen LogP contribution is -2.33. The Morgan fingerprint density at radius 2 is 1.86 bits per heavy atom. The number of rotatable bonds is 7. The van der Waals surface area contributed by atoms with Gasteiger partial charge in [-0.1, -0.05) is 44.2 Å². The third-order valence-corrected chi connectivity index (χ3v) is 4.67. The third-order valence-electron chi connectivity index (χ3n) is 4.67. The van der Waals surface area contributed by atoms with E-state index in [0.717, 1.165) is 23.8 Å². The molecule has 1 aromatic carbocycles. The number of nitrogens with one attached hydrogen (secondary N) is 1. The minimum absolute atomic E-state index is 0.0713. The van der Waals surface area contributed by atoms with Crippen LogP contribution in [0.4, 0.5) is 0 Å². The monoisotopic (exact) mass is 291 g/mol. The zero-order chi connectivity index (χ0) is 15.1. The van der Waals surface area contributed by atoms with Crippen molar-refractivity contribution in [2.45, 2.75) is 57.6 Å². The summed E-state index contributed by atoms with van der Waals surface area (Å²) in [6.45, 7) is 3.05. The standard InChI is InChI=1S/C18H29NO2/c1-14(19-13-12-15-6-4-3-5-7-15)18(20)16-8-10-17(21-2)11-9-16/h8-11,14-15,18-20H,3-7,12-13H2,1-2H3.